The number of hydrogen-bond donors (Lipinski definition) is 1. The molecule has 0 aliphatic carbocycles. The number of rotatable bonds is 3. The van der Waals surface area contributed by atoms with Crippen LogP contribution in [0.15, 0.2) is 24.3 Å². The molecule has 1 N–H and O–H groups in total. The van der Waals surface area contributed by atoms with E-state index >= 15 is 0 Å². The topological polar surface area (TPSA) is 29.1 Å². The number of benzene rings is 1. The maximum absolute atomic E-state index is 11.7. The van der Waals surface area contributed by atoms with Crippen molar-refractivity contribution in [1.82, 2.24) is 4.72 Å². The van der Waals surface area contributed by atoms with Gasteiger partial charge < -0.3 is 0 Å². The molecular formula is C11H16ClNOS. The van der Waals surface area contributed by atoms with E-state index in [1.807, 2.05) is 45.0 Å². The molecule has 0 saturated carbocycles. The average Bonchev–Trinajstić information content (AvgIpc) is 2.15. The van der Waals surface area contributed by atoms with Crippen molar-refractivity contribution in [2.45, 2.75) is 32.1 Å². The predicted molar refractivity (Wildman–Crippen MR) is 66.2 cm³/mol. The van der Waals surface area contributed by atoms with Crippen LogP contribution in [0.5, 0.6) is 0 Å². The second kappa shape index (κ2) is 5.10. The summed E-state index contributed by atoms with van der Waals surface area (Å²) in [4.78, 5) is 0. The zero-order valence-corrected chi connectivity index (χ0v) is 10.8. The first-order valence-electron chi connectivity index (χ1n) is 4.79. The average molecular weight is 246 g/mol. The third-order valence-corrected chi connectivity index (χ3v) is 3.65. The molecule has 0 aliphatic heterocycles. The summed E-state index contributed by atoms with van der Waals surface area (Å²) in [6.07, 6.45) is 0. The molecule has 0 heterocycles. The lowest BCUT2D eigenvalue weighted by Crippen LogP contribution is -2.32. The van der Waals surface area contributed by atoms with Crippen molar-refractivity contribution < 1.29 is 4.21 Å². The highest BCUT2D eigenvalue weighted by atomic mass is 35.5. The standard InChI is InChI=1S/C11H16ClNOS/c1-11(2,3)15(14)13-8-9-4-6-10(12)7-5-9/h4-7,13H,8H2,1-3H3. The summed E-state index contributed by atoms with van der Waals surface area (Å²) < 4.78 is 14.4. The van der Waals surface area contributed by atoms with Crippen LogP contribution in [0.1, 0.15) is 26.3 Å². The van der Waals surface area contributed by atoms with Gasteiger partial charge in [-0.3, -0.25) is 0 Å². The molecule has 1 aromatic rings. The van der Waals surface area contributed by atoms with Crippen molar-refractivity contribution in [3.05, 3.63) is 34.9 Å². The van der Waals surface area contributed by atoms with Crippen molar-refractivity contribution in [2.75, 3.05) is 0 Å². The van der Waals surface area contributed by atoms with Crippen LogP contribution in [0.25, 0.3) is 0 Å². The third kappa shape index (κ3) is 4.33. The molecule has 0 bridgehead atoms. The van der Waals surface area contributed by atoms with Crippen molar-refractivity contribution in [2.24, 2.45) is 0 Å². The minimum Gasteiger partial charge on any atom is -0.242 e. The van der Waals surface area contributed by atoms with Crippen molar-refractivity contribution >= 4 is 22.6 Å². The number of hydrogen-bond acceptors (Lipinski definition) is 1. The lowest BCUT2D eigenvalue weighted by Gasteiger charge is -2.18. The summed E-state index contributed by atoms with van der Waals surface area (Å²) >= 11 is 5.77. The van der Waals surface area contributed by atoms with Crippen LogP contribution in [0.3, 0.4) is 0 Å². The van der Waals surface area contributed by atoms with Gasteiger partial charge in [-0.15, -0.1) is 0 Å². The van der Waals surface area contributed by atoms with Crippen LogP contribution in [0, 0.1) is 0 Å². The van der Waals surface area contributed by atoms with Crippen LogP contribution in [0.2, 0.25) is 5.02 Å². The molecule has 1 rings (SSSR count). The zero-order valence-electron chi connectivity index (χ0n) is 9.21. The highest BCUT2D eigenvalue weighted by molar-refractivity contribution is 7.84. The summed E-state index contributed by atoms with van der Waals surface area (Å²) in [5, 5.41) is 0.718. The summed E-state index contributed by atoms with van der Waals surface area (Å²) in [7, 11) is -1.03. The molecule has 1 aromatic carbocycles. The lowest BCUT2D eigenvalue weighted by molar-refractivity contribution is 0.635. The molecule has 1 atom stereocenters. The minimum atomic E-state index is -1.03. The van der Waals surface area contributed by atoms with Gasteiger partial charge in [0, 0.05) is 11.6 Å². The van der Waals surface area contributed by atoms with E-state index in [1.165, 1.54) is 0 Å². The van der Waals surface area contributed by atoms with Crippen LogP contribution in [-0.4, -0.2) is 8.96 Å². The Hall–Kier alpha value is -0.380. The van der Waals surface area contributed by atoms with Crippen LogP contribution < -0.4 is 4.72 Å². The molecule has 84 valence electrons. The van der Waals surface area contributed by atoms with Gasteiger partial charge in [0.15, 0.2) is 0 Å². The predicted octanol–water partition coefficient (Wildman–Crippen LogP) is 2.89. The van der Waals surface area contributed by atoms with E-state index < -0.39 is 11.0 Å². The van der Waals surface area contributed by atoms with Crippen molar-refractivity contribution in [3.63, 3.8) is 0 Å². The molecule has 0 aliphatic rings. The largest absolute Gasteiger partial charge is 0.242 e. The normalized spacial score (nSPS) is 13.9. The Morgan fingerprint density at radius 3 is 2.27 bits per heavy atom. The summed E-state index contributed by atoms with van der Waals surface area (Å²) in [6, 6.07) is 7.52. The quantitative estimate of drug-likeness (QED) is 0.872. The van der Waals surface area contributed by atoms with E-state index in [-0.39, 0.29) is 4.75 Å². The Bertz CT molecular complexity index is 343. The first kappa shape index (κ1) is 12.7. The highest BCUT2D eigenvalue weighted by Gasteiger charge is 2.18. The lowest BCUT2D eigenvalue weighted by atomic mass is 10.2. The van der Waals surface area contributed by atoms with Crippen LogP contribution >= 0.6 is 11.6 Å². The van der Waals surface area contributed by atoms with Crippen LogP contribution in [-0.2, 0) is 17.5 Å². The maximum Gasteiger partial charge on any atom is 0.0973 e. The summed E-state index contributed by atoms with van der Waals surface area (Å²) in [6.45, 7) is 6.43. The van der Waals surface area contributed by atoms with Gasteiger partial charge in [0.25, 0.3) is 0 Å². The summed E-state index contributed by atoms with van der Waals surface area (Å²) in [5.74, 6) is 0. The van der Waals surface area contributed by atoms with Gasteiger partial charge in [-0.1, -0.05) is 23.7 Å². The van der Waals surface area contributed by atoms with Gasteiger partial charge in [-0.2, -0.15) is 0 Å². The molecular weight excluding hydrogens is 230 g/mol. The minimum absolute atomic E-state index is 0.230. The molecule has 0 saturated heterocycles. The molecule has 0 radical (unpaired) electrons. The van der Waals surface area contributed by atoms with E-state index in [2.05, 4.69) is 4.72 Å². The SMILES string of the molecule is CC(C)(C)S(=O)NCc1ccc(Cl)cc1. The third-order valence-electron chi connectivity index (χ3n) is 1.88. The second-order valence-corrected chi connectivity index (χ2v) is 6.82. The Morgan fingerprint density at radius 1 is 1.27 bits per heavy atom. The van der Waals surface area contributed by atoms with Gasteiger partial charge in [0.2, 0.25) is 0 Å². The monoisotopic (exact) mass is 245 g/mol. The molecule has 4 heteroatoms. The number of halogens is 1. The highest BCUT2D eigenvalue weighted by Crippen LogP contribution is 2.11. The fraction of sp³-hybridized carbons (Fsp3) is 0.455. The van der Waals surface area contributed by atoms with Gasteiger partial charge in [-0.05, 0) is 38.5 Å². The van der Waals surface area contributed by atoms with Gasteiger partial charge >= 0.3 is 0 Å². The molecule has 1 unspecified atom stereocenters. The van der Waals surface area contributed by atoms with E-state index in [0.29, 0.717) is 6.54 Å². The Labute approximate surface area is 98.6 Å². The Kier molecular flexibility index (Phi) is 4.32. The van der Waals surface area contributed by atoms with Crippen LogP contribution in [0.4, 0.5) is 0 Å². The van der Waals surface area contributed by atoms with E-state index in [0.717, 1.165) is 10.6 Å². The Morgan fingerprint density at radius 2 is 1.80 bits per heavy atom. The fourth-order valence-corrected chi connectivity index (χ4v) is 1.82. The Balaban J connectivity index is 2.51. The van der Waals surface area contributed by atoms with E-state index in [9.17, 15) is 4.21 Å². The molecule has 0 spiro atoms. The van der Waals surface area contributed by atoms with Gasteiger partial charge in [0.05, 0.1) is 15.7 Å². The second-order valence-electron chi connectivity index (χ2n) is 4.33. The smallest absolute Gasteiger partial charge is 0.0973 e. The van der Waals surface area contributed by atoms with Gasteiger partial charge in [0.1, 0.15) is 0 Å². The maximum atomic E-state index is 11.7. The summed E-state index contributed by atoms with van der Waals surface area (Å²) in [5.41, 5.74) is 1.08. The molecule has 0 aromatic heterocycles. The van der Waals surface area contributed by atoms with E-state index in [1.54, 1.807) is 0 Å². The van der Waals surface area contributed by atoms with E-state index in [4.69, 9.17) is 11.6 Å². The zero-order chi connectivity index (χ0) is 11.5. The van der Waals surface area contributed by atoms with Gasteiger partial charge in [-0.25, -0.2) is 8.93 Å². The molecule has 0 fully saturated rings. The first-order valence-corrected chi connectivity index (χ1v) is 6.32. The molecule has 15 heavy (non-hydrogen) atoms. The first-order chi connectivity index (χ1) is 6.89. The molecule has 2 nitrogen and oxygen atoms in total. The fourth-order valence-electron chi connectivity index (χ4n) is 0.968. The molecule has 0 amide bonds. The van der Waals surface area contributed by atoms with Crippen molar-refractivity contribution in [1.29, 1.82) is 0 Å². The number of nitrogens with one attached hydrogen (secondary N) is 1. The van der Waals surface area contributed by atoms with Crippen molar-refractivity contribution in [3.8, 4) is 0 Å².